The van der Waals surface area contributed by atoms with Gasteiger partial charge in [-0.25, -0.2) is 14.6 Å². The minimum Gasteiger partial charge on any atom is -0.320 e. The fraction of sp³-hybridized carbons (Fsp3) is 0.467. The number of imidazole rings is 1. The van der Waals surface area contributed by atoms with Gasteiger partial charge in [0.15, 0.2) is 5.82 Å². The summed E-state index contributed by atoms with van der Waals surface area (Å²) in [7, 11) is 0. The molecule has 120 valence electrons. The van der Waals surface area contributed by atoms with Crippen LogP contribution >= 0.6 is 11.3 Å². The van der Waals surface area contributed by atoms with Crippen molar-refractivity contribution in [2.24, 2.45) is 0 Å². The molecule has 1 aliphatic rings. The van der Waals surface area contributed by atoms with Crippen LogP contribution in [0.1, 0.15) is 36.9 Å². The highest BCUT2D eigenvalue weighted by Crippen LogP contribution is 2.26. The van der Waals surface area contributed by atoms with E-state index in [1.54, 1.807) is 11.3 Å². The first-order chi connectivity index (χ1) is 11.3. The number of piperidine rings is 1. The number of hydrogen-bond donors (Lipinski definition) is 1. The van der Waals surface area contributed by atoms with Crippen LogP contribution in [0, 0.1) is 0 Å². The van der Waals surface area contributed by atoms with Crippen LogP contribution < -0.4 is 5.32 Å². The Hall–Kier alpha value is -2.06. The van der Waals surface area contributed by atoms with E-state index in [2.05, 4.69) is 37.1 Å². The fourth-order valence-corrected chi connectivity index (χ4v) is 3.71. The number of hydrogen-bond acceptors (Lipinski definition) is 6. The van der Waals surface area contributed by atoms with Crippen LogP contribution in [0.3, 0.4) is 0 Å². The van der Waals surface area contributed by atoms with Gasteiger partial charge in [-0.1, -0.05) is 5.21 Å². The Balaban J connectivity index is 1.62. The van der Waals surface area contributed by atoms with Gasteiger partial charge in [-0.3, -0.25) is 0 Å². The van der Waals surface area contributed by atoms with Gasteiger partial charge < -0.3 is 9.88 Å². The van der Waals surface area contributed by atoms with Gasteiger partial charge in [-0.05, 0) is 32.9 Å². The molecule has 1 atom stereocenters. The van der Waals surface area contributed by atoms with E-state index in [1.807, 2.05) is 34.8 Å². The maximum absolute atomic E-state index is 4.49. The zero-order chi connectivity index (χ0) is 15.6. The Morgan fingerprint density at radius 1 is 1.26 bits per heavy atom. The van der Waals surface area contributed by atoms with E-state index in [9.17, 15) is 0 Å². The molecular formula is C15H19N7S. The molecule has 1 aliphatic heterocycles. The minimum atomic E-state index is 0.136. The summed E-state index contributed by atoms with van der Waals surface area (Å²) in [6, 6.07) is 0.564. The number of nitrogens with one attached hydrogen (secondary N) is 1. The normalized spacial score (nSPS) is 17.4. The topological polar surface area (TPSA) is 73.5 Å². The lowest BCUT2D eigenvalue weighted by Crippen LogP contribution is -2.29. The van der Waals surface area contributed by atoms with Crippen molar-refractivity contribution in [3.8, 4) is 11.5 Å². The van der Waals surface area contributed by atoms with E-state index in [4.69, 9.17) is 0 Å². The predicted molar refractivity (Wildman–Crippen MR) is 88.3 cm³/mol. The molecule has 1 saturated heterocycles. The van der Waals surface area contributed by atoms with Crippen LogP contribution in [0.4, 0.5) is 0 Å². The molecular weight excluding hydrogens is 310 g/mol. The standard InChI is InChI=1S/C15H19N7S/c1-11(15-18-7-9-23-15)21-8-6-17-14(21)13-10-22(20-19-13)12-2-4-16-5-3-12/h6-12,16H,2-5H2,1H3. The third-order valence-electron chi connectivity index (χ3n) is 4.32. The van der Waals surface area contributed by atoms with Crippen LogP contribution in [0.5, 0.6) is 0 Å². The molecule has 1 N–H and O–H groups in total. The van der Waals surface area contributed by atoms with Crippen molar-refractivity contribution in [2.45, 2.75) is 31.8 Å². The Labute approximate surface area is 138 Å². The van der Waals surface area contributed by atoms with E-state index in [0.29, 0.717) is 6.04 Å². The maximum Gasteiger partial charge on any atom is 0.162 e. The summed E-state index contributed by atoms with van der Waals surface area (Å²) in [4.78, 5) is 8.89. The first-order valence-corrected chi connectivity index (χ1v) is 8.76. The molecule has 0 amide bonds. The van der Waals surface area contributed by atoms with Gasteiger partial charge >= 0.3 is 0 Å². The summed E-state index contributed by atoms with van der Waals surface area (Å²) in [5.41, 5.74) is 0.817. The second-order valence-corrected chi connectivity index (χ2v) is 6.70. The SMILES string of the molecule is CC(c1nccs1)n1ccnc1-c1cn(C2CCNCC2)nn1. The molecule has 1 unspecified atom stereocenters. The highest BCUT2D eigenvalue weighted by atomic mass is 32.1. The summed E-state index contributed by atoms with van der Waals surface area (Å²) >= 11 is 1.65. The predicted octanol–water partition coefficient (Wildman–Crippen LogP) is 2.13. The third-order valence-corrected chi connectivity index (χ3v) is 5.26. The van der Waals surface area contributed by atoms with Crippen LogP contribution in [0.25, 0.3) is 11.5 Å². The molecule has 4 rings (SSSR count). The van der Waals surface area contributed by atoms with Crippen LogP contribution in [0.2, 0.25) is 0 Å². The van der Waals surface area contributed by atoms with Crippen molar-refractivity contribution in [1.82, 2.24) is 34.8 Å². The molecule has 4 heterocycles. The molecule has 23 heavy (non-hydrogen) atoms. The molecule has 7 nitrogen and oxygen atoms in total. The highest BCUT2D eigenvalue weighted by Gasteiger charge is 2.20. The van der Waals surface area contributed by atoms with Crippen LogP contribution in [-0.2, 0) is 0 Å². The van der Waals surface area contributed by atoms with Crippen LogP contribution in [0.15, 0.2) is 30.2 Å². The van der Waals surface area contributed by atoms with E-state index in [-0.39, 0.29) is 6.04 Å². The van der Waals surface area contributed by atoms with Gasteiger partial charge in [0.1, 0.15) is 10.7 Å². The van der Waals surface area contributed by atoms with Crippen molar-refractivity contribution < 1.29 is 0 Å². The number of thiazole rings is 1. The van der Waals surface area contributed by atoms with Crippen molar-refractivity contribution >= 4 is 11.3 Å². The van der Waals surface area contributed by atoms with Crippen molar-refractivity contribution in [1.29, 1.82) is 0 Å². The molecule has 1 fully saturated rings. The van der Waals surface area contributed by atoms with Gasteiger partial charge in [0.25, 0.3) is 0 Å². The Morgan fingerprint density at radius 3 is 2.91 bits per heavy atom. The molecule has 0 spiro atoms. The first kappa shape index (κ1) is 14.5. The van der Waals surface area contributed by atoms with Gasteiger partial charge in [0.2, 0.25) is 0 Å². The van der Waals surface area contributed by atoms with Gasteiger partial charge in [0, 0.05) is 24.0 Å². The number of rotatable bonds is 4. The zero-order valence-electron chi connectivity index (χ0n) is 13.0. The zero-order valence-corrected chi connectivity index (χ0v) is 13.8. The van der Waals surface area contributed by atoms with Gasteiger partial charge in [-0.15, -0.1) is 16.4 Å². The quantitative estimate of drug-likeness (QED) is 0.794. The lowest BCUT2D eigenvalue weighted by molar-refractivity contribution is 0.337. The van der Waals surface area contributed by atoms with Crippen molar-refractivity contribution in [3.63, 3.8) is 0 Å². The lowest BCUT2D eigenvalue weighted by Gasteiger charge is -2.22. The average Bonchev–Trinajstić information content (AvgIpc) is 3.35. The monoisotopic (exact) mass is 329 g/mol. The van der Waals surface area contributed by atoms with E-state index >= 15 is 0 Å². The fourth-order valence-electron chi connectivity index (χ4n) is 3.01. The molecule has 0 aliphatic carbocycles. The Morgan fingerprint density at radius 2 is 2.13 bits per heavy atom. The van der Waals surface area contributed by atoms with Gasteiger partial charge in [-0.2, -0.15) is 0 Å². The number of aromatic nitrogens is 6. The maximum atomic E-state index is 4.49. The molecule has 0 saturated carbocycles. The minimum absolute atomic E-state index is 0.136. The third kappa shape index (κ3) is 2.79. The Bertz CT molecular complexity index is 754. The molecule has 0 bridgehead atoms. The van der Waals surface area contributed by atoms with E-state index in [0.717, 1.165) is 42.5 Å². The molecule has 0 aromatic carbocycles. The summed E-state index contributed by atoms with van der Waals surface area (Å²) in [6.07, 6.45) is 9.82. The molecule has 8 heteroatoms. The molecule has 3 aromatic rings. The molecule has 0 radical (unpaired) electrons. The van der Waals surface area contributed by atoms with E-state index < -0.39 is 0 Å². The summed E-state index contributed by atoms with van der Waals surface area (Å²) in [6.45, 7) is 4.20. The second-order valence-electron chi connectivity index (χ2n) is 5.77. The lowest BCUT2D eigenvalue weighted by atomic mass is 10.1. The average molecular weight is 329 g/mol. The summed E-state index contributed by atoms with van der Waals surface area (Å²) in [5.74, 6) is 0.841. The van der Waals surface area contributed by atoms with Crippen LogP contribution in [-0.4, -0.2) is 42.6 Å². The largest absolute Gasteiger partial charge is 0.320 e. The van der Waals surface area contributed by atoms with Crippen molar-refractivity contribution in [2.75, 3.05) is 13.1 Å². The second kappa shape index (κ2) is 6.21. The highest BCUT2D eigenvalue weighted by molar-refractivity contribution is 7.09. The first-order valence-electron chi connectivity index (χ1n) is 7.88. The summed E-state index contributed by atoms with van der Waals surface area (Å²) in [5, 5.41) is 15.1. The summed E-state index contributed by atoms with van der Waals surface area (Å²) < 4.78 is 4.10. The van der Waals surface area contributed by atoms with Gasteiger partial charge in [0.05, 0.1) is 18.3 Å². The van der Waals surface area contributed by atoms with Crippen molar-refractivity contribution in [3.05, 3.63) is 35.2 Å². The van der Waals surface area contributed by atoms with E-state index in [1.165, 1.54) is 0 Å². The molecule has 3 aromatic heterocycles. The Kier molecular flexibility index (Phi) is 3.92. The smallest absolute Gasteiger partial charge is 0.162 e. The number of nitrogens with zero attached hydrogens (tertiary/aromatic N) is 6.